The second-order valence-electron chi connectivity index (χ2n) is 8.29. The van der Waals surface area contributed by atoms with Gasteiger partial charge in [0.2, 0.25) is 10.0 Å². The van der Waals surface area contributed by atoms with Crippen molar-refractivity contribution in [2.45, 2.75) is 37.6 Å². The third kappa shape index (κ3) is 5.59. The summed E-state index contributed by atoms with van der Waals surface area (Å²) in [6.45, 7) is 5.20. The molecule has 1 aliphatic rings. The highest BCUT2D eigenvalue weighted by atomic mass is 32.2. The van der Waals surface area contributed by atoms with Crippen LogP contribution in [-0.2, 0) is 10.0 Å². The molecule has 0 bridgehead atoms. The molecule has 2 aromatic carbocycles. The molecule has 180 valence electrons. The monoisotopic (exact) mass is 476 g/mol. The fourth-order valence-electron chi connectivity index (χ4n) is 3.89. The molecule has 33 heavy (non-hydrogen) atoms. The summed E-state index contributed by atoms with van der Waals surface area (Å²) in [6.07, 6.45) is 1.85. The molecule has 1 amide bonds. The summed E-state index contributed by atoms with van der Waals surface area (Å²) in [5.41, 5.74) is 0.956. The van der Waals surface area contributed by atoms with Gasteiger partial charge in [-0.25, -0.2) is 13.1 Å². The maximum absolute atomic E-state index is 13.2. The van der Waals surface area contributed by atoms with Crippen molar-refractivity contribution in [2.24, 2.45) is 5.92 Å². The molecule has 1 aliphatic heterocycles. The molecule has 1 atom stereocenters. The van der Waals surface area contributed by atoms with E-state index in [9.17, 15) is 13.2 Å². The summed E-state index contributed by atoms with van der Waals surface area (Å²) in [5.74, 6) is 1.77. The van der Waals surface area contributed by atoms with Crippen molar-refractivity contribution in [1.29, 1.82) is 0 Å². The molecule has 0 aromatic heterocycles. The van der Waals surface area contributed by atoms with E-state index in [1.165, 1.54) is 39.5 Å². The van der Waals surface area contributed by atoms with Gasteiger partial charge in [-0.1, -0.05) is 13.0 Å². The van der Waals surface area contributed by atoms with Gasteiger partial charge in [0, 0.05) is 19.1 Å². The van der Waals surface area contributed by atoms with E-state index in [-0.39, 0.29) is 16.4 Å². The number of hydrogen-bond donors (Lipinski definition) is 1. The number of rotatable bonds is 8. The zero-order valence-corrected chi connectivity index (χ0v) is 20.6. The second kappa shape index (κ2) is 10.4. The van der Waals surface area contributed by atoms with Crippen LogP contribution < -0.4 is 18.9 Å². The number of carbonyl (C=O) groups excluding carboxylic acids is 1. The first-order valence-corrected chi connectivity index (χ1v) is 12.4. The number of ether oxygens (including phenoxy) is 3. The number of nitrogens with one attached hydrogen (secondary N) is 1. The summed E-state index contributed by atoms with van der Waals surface area (Å²) < 4.78 is 44.9. The minimum Gasteiger partial charge on any atom is -0.496 e. The second-order valence-corrected chi connectivity index (χ2v) is 10.0. The summed E-state index contributed by atoms with van der Waals surface area (Å²) in [4.78, 5) is 14.9. The molecule has 2 aromatic rings. The van der Waals surface area contributed by atoms with Crippen molar-refractivity contribution in [3.05, 3.63) is 47.5 Å². The zero-order chi connectivity index (χ0) is 24.2. The van der Waals surface area contributed by atoms with Gasteiger partial charge in [0.05, 0.1) is 31.8 Å². The molecule has 1 heterocycles. The summed E-state index contributed by atoms with van der Waals surface area (Å²) in [7, 11) is 0.618. The average Bonchev–Trinajstić information content (AvgIpc) is 2.82. The number of likely N-dealkylation sites (tertiary alicyclic amines) is 1. The smallest absolute Gasteiger partial charge is 0.257 e. The van der Waals surface area contributed by atoms with E-state index in [1.54, 1.807) is 30.0 Å². The van der Waals surface area contributed by atoms with Crippen LogP contribution in [0.3, 0.4) is 0 Å². The van der Waals surface area contributed by atoms with Crippen LogP contribution in [-0.4, -0.2) is 53.6 Å². The number of sulfonamides is 1. The average molecular weight is 477 g/mol. The van der Waals surface area contributed by atoms with Crippen LogP contribution >= 0.6 is 0 Å². The third-order valence-corrected chi connectivity index (χ3v) is 7.56. The van der Waals surface area contributed by atoms with E-state index in [1.807, 2.05) is 0 Å². The molecule has 0 aliphatic carbocycles. The first-order chi connectivity index (χ1) is 15.7. The molecule has 8 nitrogen and oxygen atoms in total. The Kier molecular flexibility index (Phi) is 7.86. The summed E-state index contributed by atoms with van der Waals surface area (Å²) in [5, 5.41) is 0. The highest BCUT2D eigenvalue weighted by Crippen LogP contribution is 2.31. The highest BCUT2D eigenvalue weighted by Gasteiger charge is 2.27. The zero-order valence-electron chi connectivity index (χ0n) is 19.8. The van der Waals surface area contributed by atoms with E-state index < -0.39 is 16.1 Å². The summed E-state index contributed by atoms with van der Waals surface area (Å²) >= 11 is 0. The molecule has 1 fully saturated rings. The molecule has 0 radical (unpaired) electrons. The van der Waals surface area contributed by atoms with Crippen LogP contribution in [0.4, 0.5) is 0 Å². The van der Waals surface area contributed by atoms with Gasteiger partial charge < -0.3 is 19.1 Å². The van der Waals surface area contributed by atoms with Crippen molar-refractivity contribution in [3.63, 3.8) is 0 Å². The number of carbonyl (C=O) groups is 1. The number of methoxy groups -OCH3 is 3. The predicted octanol–water partition coefficient (Wildman–Crippen LogP) is 3.62. The van der Waals surface area contributed by atoms with Crippen molar-refractivity contribution >= 4 is 15.9 Å². The predicted molar refractivity (Wildman–Crippen MR) is 126 cm³/mol. The third-order valence-electron chi connectivity index (χ3n) is 6.02. The normalized spacial score (nSPS) is 15.7. The van der Waals surface area contributed by atoms with Crippen LogP contribution in [0.2, 0.25) is 0 Å². The van der Waals surface area contributed by atoms with Gasteiger partial charge in [-0.3, -0.25) is 4.79 Å². The van der Waals surface area contributed by atoms with Gasteiger partial charge >= 0.3 is 0 Å². The lowest BCUT2D eigenvalue weighted by Crippen LogP contribution is -2.38. The lowest BCUT2D eigenvalue weighted by atomic mass is 9.98. The number of piperidine rings is 1. The van der Waals surface area contributed by atoms with E-state index in [0.29, 0.717) is 41.8 Å². The van der Waals surface area contributed by atoms with Gasteiger partial charge in [0.1, 0.15) is 5.75 Å². The Morgan fingerprint density at radius 2 is 1.58 bits per heavy atom. The van der Waals surface area contributed by atoms with E-state index in [2.05, 4.69) is 11.6 Å². The maximum Gasteiger partial charge on any atom is 0.257 e. The van der Waals surface area contributed by atoms with E-state index in [4.69, 9.17) is 14.2 Å². The molecule has 1 saturated heterocycles. The van der Waals surface area contributed by atoms with Crippen molar-refractivity contribution in [1.82, 2.24) is 9.62 Å². The SMILES string of the molecule is COc1ccc([C@@H](C)NS(=O)(=O)c2ccc(OC)c(C(=O)N3CCC(C)CC3)c2)cc1OC. The molecule has 1 N–H and O–H groups in total. The highest BCUT2D eigenvalue weighted by molar-refractivity contribution is 7.89. The van der Waals surface area contributed by atoms with Crippen molar-refractivity contribution in [2.75, 3.05) is 34.4 Å². The molecule has 0 saturated carbocycles. The van der Waals surface area contributed by atoms with Crippen LogP contribution in [0.15, 0.2) is 41.3 Å². The van der Waals surface area contributed by atoms with E-state index in [0.717, 1.165) is 12.8 Å². The first kappa shape index (κ1) is 24.9. The Labute approximate surface area is 195 Å². The maximum atomic E-state index is 13.2. The summed E-state index contributed by atoms with van der Waals surface area (Å²) in [6, 6.07) is 9.04. The Bertz CT molecular complexity index is 1090. The van der Waals surface area contributed by atoms with Crippen LogP contribution in [0.1, 0.15) is 48.7 Å². The van der Waals surface area contributed by atoms with Gasteiger partial charge in [-0.15, -0.1) is 0 Å². The first-order valence-electron chi connectivity index (χ1n) is 10.9. The largest absolute Gasteiger partial charge is 0.496 e. The fraction of sp³-hybridized carbons (Fsp3) is 0.458. The molecule has 0 unspecified atom stereocenters. The molecule has 0 spiro atoms. The minimum absolute atomic E-state index is 0.00403. The van der Waals surface area contributed by atoms with Gasteiger partial charge in [-0.05, 0) is 61.6 Å². The van der Waals surface area contributed by atoms with Gasteiger partial charge in [-0.2, -0.15) is 0 Å². The standard InChI is InChI=1S/C24H32N2O6S/c1-16-10-12-26(13-11-16)24(27)20-15-19(7-9-21(20)30-3)33(28,29)25-17(2)18-6-8-22(31-4)23(14-18)32-5/h6-9,14-17,25H,10-13H2,1-5H3/t17-/m1/s1. The Morgan fingerprint density at radius 3 is 2.18 bits per heavy atom. The lowest BCUT2D eigenvalue weighted by molar-refractivity contribution is 0.0693. The topological polar surface area (TPSA) is 94.2 Å². The molecular formula is C24H32N2O6S. The van der Waals surface area contributed by atoms with Crippen molar-refractivity contribution in [3.8, 4) is 17.2 Å². The molecule has 3 rings (SSSR count). The van der Waals surface area contributed by atoms with Gasteiger partial charge in [0.15, 0.2) is 11.5 Å². The Balaban J connectivity index is 1.86. The number of amides is 1. The Morgan fingerprint density at radius 1 is 0.970 bits per heavy atom. The minimum atomic E-state index is -3.91. The number of hydrogen-bond acceptors (Lipinski definition) is 6. The molecular weight excluding hydrogens is 444 g/mol. The van der Waals surface area contributed by atoms with E-state index >= 15 is 0 Å². The van der Waals surface area contributed by atoms with Gasteiger partial charge in [0.25, 0.3) is 5.91 Å². The molecule has 9 heteroatoms. The quantitative estimate of drug-likeness (QED) is 0.625. The van der Waals surface area contributed by atoms with Crippen molar-refractivity contribution < 1.29 is 27.4 Å². The Hall–Kier alpha value is -2.78. The number of benzene rings is 2. The van der Waals surface area contributed by atoms with Crippen LogP contribution in [0.5, 0.6) is 17.2 Å². The lowest BCUT2D eigenvalue weighted by Gasteiger charge is -2.30. The van der Waals surface area contributed by atoms with Crippen LogP contribution in [0, 0.1) is 5.92 Å². The number of nitrogens with zero attached hydrogens (tertiary/aromatic N) is 1. The fourth-order valence-corrected chi connectivity index (χ4v) is 5.15. The van der Waals surface area contributed by atoms with Crippen LogP contribution in [0.25, 0.3) is 0 Å².